The number of halogens is 3. The second-order valence-electron chi connectivity index (χ2n) is 4.91. The number of para-hydroxylation sites is 1. The van der Waals surface area contributed by atoms with Gasteiger partial charge in [0, 0.05) is 12.3 Å². The molecule has 0 spiro atoms. The fourth-order valence-corrected chi connectivity index (χ4v) is 3.58. The summed E-state index contributed by atoms with van der Waals surface area (Å²) >= 11 is 1.51. The largest absolute Gasteiger partial charge is 0.466 e. The highest BCUT2D eigenvalue weighted by molar-refractivity contribution is 7.99. The van der Waals surface area contributed by atoms with Gasteiger partial charge in [-0.15, -0.1) is 11.8 Å². The molecule has 1 aliphatic heterocycles. The molecule has 2 aromatic rings. The van der Waals surface area contributed by atoms with Crippen molar-refractivity contribution in [3.63, 3.8) is 0 Å². The molecule has 0 radical (unpaired) electrons. The number of thioether (sulfide) groups is 1. The van der Waals surface area contributed by atoms with E-state index >= 15 is 0 Å². The molecular weight excluding hydrogens is 329 g/mol. The molecule has 1 saturated heterocycles. The number of rotatable bonds is 2. The molecule has 2 amide bonds. The van der Waals surface area contributed by atoms with Gasteiger partial charge in [0.2, 0.25) is 0 Å². The Morgan fingerprint density at radius 1 is 1.26 bits per heavy atom. The van der Waals surface area contributed by atoms with Crippen molar-refractivity contribution in [2.24, 2.45) is 0 Å². The molecule has 8 heteroatoms. The number of alkyl halides is 3. The molecule has 1 atom stereocenters. The van der Waals surface area contributed by atoms with E-state index in [-0.39, 0.29) is 11.1 Å². The summed E-state index contributed by atoms with van der Waals surface area (Å²) in [6, 6.07) is 7.80. The number of carbonyl (C=O) groups excluding carboxylic acids is 1. The Kier molecular flexibility index (Phi) is 4.25. The van der Waals surface area contributed by atoms with Crippen LogP contribution in [0.2, 0.25) is 0 Å². The lowest BCUT2D eigenvalue weighted by Gasteiger charge is -2.23. The molecule has 1 aliphatic rings. The average Bonchev–Trinajstić information content (AvgIpc) is 3.17. The van der Waals surface area contributed by atoms with Crippen LogP contribution in [0.25, 0.3) is 0 Å². The molecule has 23 heavy (non-hydrogen) atoms. The van der Waals surface area contributed by atoms with Gasteiger partial charge in [0.1, 0.15) is 11.1 Å². The lowest BCUT2D eigenvalue weighted by atomic mass is 10.1. The lowest BCUT2D eigenvalue weighted by molar-refractivity contribution is -0.136. The van der Waals surface area contributed by atoms with Crippen LogP contribution in [0.1, 0.15) is 16.7 Å². The number of carbonyl (C=O) groups is 1. The molecule has 1 fully saturated rings. The van der Waals surface area contributed by atoms with Crippen LogP contribution in [0.3, 0.4) is 0 Å². The number of benzene rings is 1. The second kappa shape index (κ2) is 6.19. The van der Waals surface area contributed by atoms with Crippen molar-refractivity contribution in [3.05, 3.63) is 54.0 Å². The first kappa shape index (κ1) is 15.8. The van der Waals surface area contributed by atoms with Crippen LogP contribution in [0.5, 0.6) is 0 Å². The van der Waals surface area contributed by atoms with E-state index in [1.54, 1.807) is 12.1 Å². The standard InChI is InChI=1S/C15H13F3N2O2S/c16-15(17,18)10-4-1-2-5-11(10)19-14(21)20-7-9-23-13(20)12-6-3-8-22-12/h1-6,8,13H,7,9H2,(H,19,21). The molecule has 3 rings (SSSR count). The van der Waals surface area contributed by atoms with Gasteiger partial charge in [-0.1, -0.05) is 12.1 Å². The summed E-state index contributed by atoms with van der Waals surface area (Å²) in [7, 11) is 0. The number of amides is 2. The Morgan fingerprint density at radius 2 is 2.04 bits per heavy atom. The van der Waals surface area contributed by atoms with Gasteiger partial charge in [0.25, 0.3) is 0 Å². The minimum Gasteiger partial charge on any atom is -0.466 e. The van der Waals surface area contributed by atoms with E-state index in [1.165, 1.54) is 41.1 Å². The van der Waals surface area contributed by atoms with Gasteiger partial charge in [-0.2, -0.15) is 13.2 Å². The van der Waals surface area contributed by atoms with Crippen LogP contribution in [0.15, 0.2) is 47.1 Å². The molecule has 122 valence electrons. The molecule has 1 N–H and O–H groups in total. The predicted octanol–water partition coefficient (Wildman–Crippen LogP) is 4.58. The van der Waals surface area contributed by atoms with E-state index in [2.05, 4.69) is 5.32 Å². The third kappa shape index (κ3) is 3.31. The van der Waals surface area contributed by atoms with Gasteiger partial charge in [0.15, 0.2) is 0 Å². The predicted molar refractivity (Wildman–Crippen MR) is 81.1 cm³/mol. The number of nitrogens with one attached hydrogen (secondary N) is 1. The summed E-state index contributed by atoms with van der Waals surface area (Å²) in [6.07, 6.45) is -3.02. The molecule has 0 bridgehead atoms. The van der Waals surface area contributed by atoms with Crippen molar-refractivity contribution in [3.8, 4) is 0 Å². The zero-order valence-electron chi connectivity index (χ0n) is 11.8. The van der Waals surface area contributed by atoms with E-state index in [1.807, 2.05) is 0 Å². The van der Waals surface area contributed by atoms with Crippen molar-refractivity contribution in [2.45, 2.75) is 11.6 Å². The van der Waals surface area contributed by atoms with Gasteiger partial charge < -0.3 is 14.6 Å². The Labute approximate surface area is 134 Å². The zero-order chi connectivity index (χ0) is 16.4. The second-order valence-corrected chi connectivity index (χ2v) is 6.09. The number of urea groups is 1. The van der Waals surface area contributed by atoms with Crippen LogP contribution in [-0.2, 0) is 6.18 Å². The molecule has 0 aliphatic carbocycles. The van der Waals surface area contributed by atoms with E-state index in [4.69, 9.17) is 4.42 Å². The minimum atomic E-state index is -4.52. The van der Waals surface area contributed by atoms with Crippen LogP contribution < -0.4 is 5.32 Å². The minimum absolute atomic E-state index is 0.250. The maximum atomic E-state index is 13.0. The first-order valence-electron chi connectivity index (χ1n) is 6.85. The summed E-state index contributed by atoms with van der Waals surface area (Å²) in [5.41, 5.74) is -1.12. The molecule has 1 aromatic heterocycles. The zero-order valence-corrected chi connectivity index (χ0v) is 12.7. The number of furan rings is 1. The maximum Gasteiger partial charge on any atom is 0.418 e. The van der Waals surface area contributed by atoms with Gasteiger partial charge >= 0.3 is 12.2 Å². The quantitative estimate of drug-likeness (QED) is 0.869. The van der Waals surface area contributed by atoms with Crippen molar-refractivity contribution >= 4 is 23.5 Å². The number of nitrogens with zero attached hydrogens (tertiary/aromatic N) is 1. The summed E-state index contributed by atoms with van der Waals surface area (Å²) in [5, 5.41) is 2.03. The van der Waals surface area contributed by atoms with Crippen LogP contribution in [0, 0.1) is 0 Å². The molecule has 2 heterocycles. The molecule has 0 saturated carbocycles. The van der Waals surface area contributed by atoms with Gasteiger partial charge in [-0.25, -0.2) is 4.79 Å². The van der Waals surface area contributed by atoms with Crippen molar-refractivity contribution < 1.29 is 22.4 Å². The summed E-state index contributed by atoms with van der Waals surface area (Å²) in [5.74, 6) is 1.30. The Morgan fingerprint density at radius 3 is 2.74 bits per heavy atom. The SMILES string of the molecule is O=C(Nc1ccccc1C(F)(F)F)N1CCSC1c1ccco1. The highest BCUT2D eigenvalue weighted by Gasteiger charge is 2.36. The smallest absolute Gasteiger partial charge is 0.418 e. The van der Waals surface area contributed by atoms with Crippen LogP contribution in [0.4, 0.5) is 23.7 Å². The average molecular weight is 342 g/mol. The fraction of sp³-hybridized carbons (Fsp3) is 0.267. The molecule has 4 nitrogen and oxygen atoms in total. The van der Waals surface area contributed by atoms with Gasteiger partial charge in [-0.3, -0.25) is 0 Å². The van der Waals surface area contributed by atoms with E-state index < -0.39 is 17.8 Å². The maximum absolute atomic E-state index is 13.0. The number of anilines is 1. The number of hydrogen-bond donors (Lipinski definition) is 1. The third-order valence-electron chi connectivity index (χ3n) is 3.41. The van der Waals surface area contributed by atoms with Crippen LogP contribution >= 0.6 is 11.8 Å². The summed E-state index contributed by atoms with van der Waals surface area (Å²) < 4.78 is 44.3. The Bertz CT molecular complexity index is 688. The van der Waals surface area contributed by atoms with E-state index in [0.717, 1.165) is 6.07 Å². The Balaban J connectivity index is 1.80. The summed E-state index contributed by atoms with van der Waals surface area (Å²) in [4.78, 5) is 13.9. The molecule has 1 unspecified atom stereocenters. The van der Waals surface area contributed by atoms with Crippen molar-refractivity contribution in [1.82, 2.24) is 4.90 Å². The first-order chi connectivity index (χ1) is 11.0. The molecular formula is C15H13F3N2O2S. The van der Waals surface area contributed by atoms with E-state index in [9.17, 15) is 18.0 Å². The lowest BCUT2D eigenvalue weighted by Crippen LogP contribution is -2.34. The van der Waals surface area contributed by atoms with Crippen LogP contribution in [-0.4, -0.2) is 23.2 Å². The highest BCUT2D eigenvalue weighted by atomic mass is 32.2. The van der Waals surface area contributed by atoms with Gasteiger partial charge in [0.05, 0.1) is 17.5 Å². The third-order valence-corrected chi connectivity index (χ3v) is 4.63. The van der Waals surface area contributed by atoms with Crippen molar-refractivity contribution in [2.75, 3.05) is 17.6 Å². The topological polar surface area (TPSA) is 45.5 Å². The van der Waals surface area contributed by atoms with Crippen molar-refractivity contribution in [1.29, 1.82) is 0 Å². The summed E-state index contributed by atoms with van der Waals surface area (Å²) in [6.45, 7) is 0.441. The molecule has 1 aromatic carbocycles. The first-order valence-corrected chi connectivity index (χ1v) is 7.90. The highest BCUT2D eigenvalue weighted by Crippen LogP contribution is 2.39. The fourth-order valence-electron chi connectivity index (χ4n) is 2.37. The van der Waals surface area contributed by atoms with Gasteiger partial charge in [-0.05, 0) is 24.3 Å². The Hall–Kier alpha value is -2.09. The monoisotopic (exact) mass is 342 g/mol. The normalized spacial score (nSPS) is 18.2. The van der Waals surface area contributed by atoms with E-state index in [0.29, 0.717) is 18.1 Å². The number of hydrogen-bond acceptors (Lipinski definition) is 3.